The summed E-state index contributed by atoms with van der Waals surface area (Å²) >= 11 is 0. The van der Waals surface area contributed by atoms with Crippen LogP contribution in [-0.4, -0.2) is 38.5 Å². The zero-order valence-electron chi connectivity index (χ0n) is 14.9. The van der Waals surface area contributed by atoms with Crippen LogP contribution in [0.5, 0.6) is 0 Å². The lowest BCUT2D eigenvalue weighted by Gasteiger charge is -2.32. The summed E-state index contributed by atoms with van der Waals surface area (Å²) in [4.78, 5) is 25.6. The predicted octanol–water partition coefficient (Wildman–Crippen LogP) is 3.10. The van der Waals surface area contributed by atoms with Gasteiger partial charge in [-0.3, -0.25) is 9.36 Å². The van der Waals surface area contributed by atoms with Crippen molar-refractivity contribution in [3.8, 4) is 5.82 Å². The molecule has 1 aliphatic rings. The molecule has 0 aromatic carbocycles. The molecule has 4 rings (SSSR count). The number of amides is 1. The lowest BCUT2D eigenvalue weighted by Crippen LogP contribution is -2.36. The molecule has 1 amide bonds. The third-order valence-electron chi connectivity index (χ3n) is 4.45. The SMILES string of the molecule is CC(=O)Nc1cc2c(cn1)c(N1CCC1)cn2-c1ccnc(C(C)(F)F)n1. The number of alkyl halides is 2. The van der Waals surface area contributed by atoms with Crippen molar-refractivity contribution < 1.29 is 13.6 Å². The molecule has 0 atom stereocenters. The Balaban J connectivity index is 1.89. The van der Waals surface area contributed by atoms with Gasteiger partial charge in [0.05, 0.1) is 11.2 Å². The Labute approximate surface area is 154 Å². The first-order valence-electron chi connectivity index (χ1n) is 8.58. The van der Waals surface area contributed by atoms with Crippen molar-refractivity contribution in [1.82, 2.24) is 19.5 Å². The van der Waals surface area contributed by atoms with Crippen molar-refractivity contribution in [3.63, 3.8) is 0 Å². The molecule has 140 valence electrons. The van der Waals surface area contributed by atoms with Gasteiger partial charge in [0.25, 0.3) is 0 Å². The molecule has 0 radical (unpaired) electrons. The molecule has 3 aromatic heterocycles. The Morgan fingerprint density at radius 3 is 2.70 bits per heavy atom. The van der Waals surface area contributed by atoms with Crippen LogP contribution in [0, 0.1) is 0 Å². The number of aromatic nitrogens is 4. The van der Waals surface area contributed by atoms with E-state index in [1.54, 1.807) is 22.9 Å². The van der Waals surface area contributed by atoms with E-state index in [-0.39, 0.29) is 5.91 Å². The van der Waals surface area contributed by atoms with Gasteiger partial charge in [-0.15, -0.1) is 0 Å². The molecule has 4 heterocycles. The van der Waals surface area contributed by atoms with E-state index in [0.29, 0.717) is 11.6 Å². The van der Waals surface area contributed by atoms with E-state index < -0.39 is 11.7 Å². The molecule has 27 heavy (non-hydrogen) atoms. The molecule has 9 heteroatoms. The summed E-state index contributed by atoms with van der Waals surface area (Å²) in [6.45, 7) is 4.02. The topological polar surface area (TPSA) is 75.9 Å². The maximum Gasteiger partial charge on any atom is 0.303 e. The van der Waals surface area contributed by atoms with Crippen LogP contribution in [0.25, 0.3) is 16.7 Å². The predicted molar refractivity (Wildman–Crippen MR) is 97.4 cm³/mol. The number of hydrogen-bond donors (Lipinski definition) is 1. The minimum Gasteiger partial charge on any atom is -0.370 e. The maximum absolute atomic E-state index is 13.7. The van der Waals surface area contributed by atoms with Gasteiger partial charge in [0.1, 0.15) is 11.6 Å². The number of carbonyl (C=O) groups is 1. The standard InChI is InChI=1S/C18H18F2N6O/c1-11(27)23-15-8-13-12(9-22-15)14(25-6-3-7-25)10-26(13)16-4-5-21-17(24-16)18(2,19)20/h4-5,8-10H,3,6-7H2,1-2H3,(H,22,23,27). The summed E-state index contributed by atoms with van der Waals surface area (Å²) < 4.78 is 29.1. The first kappa shape index (κ1) is 17.3. The van der Waals surface area contributed by atoms with Gasteiger partial charge in [0, 0.05) is 57.0 Å². The first-order chi connectivity index (χ1) is 12.8. The summed E-state index contributed by atoms with van der Waals surface area (Å²) in [5.74, 6) is -3.19. The Bertz CT molecular complexity index is 1020. The molecule has 1 saturated heterocycles. The van der Waals surface area contributed by atoms with Gasteiger partial charge in [-0.05, 0) is 12.5 Å². The second-order valence-electron chi connectivity index (χ2n) is 6.62. The van der Waals surface area contributed by atoms with Gasteiger partial charge in [-0.2, -0.15) is 8.78 Å². The zero-order chi connectivity index (χ0) is 19.2. The molecule has 1 aliphatic heterocycles. The average Bonchev–Trinajstić information content (AvgIpc) is 2.91. The number of pyridine rings is 1. The van der Waals surface area contributed by atoms with Crippen molar-refractivity contribution in [2.75, 3.05) is 23.3 Å². The molecule has 7 nitrogen and oxygen atoms in total. The molecule has 0 unspecified atom stereocenters. The van der Waals surface area contributed by atoms with Crippen LogP contribution in [0.15, 0.2) is 30.7 Å². The highest BCUT2D eigenvalue weighted by molar-refractivity contribution is 5.97. The summed E-state index contributed by atoms with van der Waals surface area (Å²) in [5, 5.41) is 3.52. The number of rotatable bonds is 4. The van der Waals surface area contributed by atoms with E-state index in [9.17, 15) is 13.6 Å². The minimum atomic E-state index is -3.14. The highest BCUT2D eigenvalue weighted by Gasteiger charge is 2.29. The molecule has 1 fully saturated rings. The van der Waals surface area contributed by atoms with Crippen LogP contribution >= 0.6 is 0 Å². The monoisotopic (exact) mass is 372 g/mol. The fourth-order valence-electron chi connectivity index (χ4n) is 3.05. The lowest BCUT2D eigenvalue weighted by atomic mass is 10.2. The third-order valence-corrected chi connectivity index (χ3v) is 4.45. The number of halogens is 2. The molecular formula is C18H18F2N6O. The fourth-order valence-corrected chi connectivity index (χ4v) is 3.05. The fraction of sp³-hybridized carbons (Fsp3) is 0.333. The Hall–Kier alpha value is -3.10. The normalized spacial score (nSPS) is 14.3. The van der Waals surface area contributed by atoms with Crippen LogP contribution in [0.3, 0.4) is 0 Å². The van der Waals surface area contributed by atoms with E-state index in [0.717, 1.165) is 43.0 Å². The van der Waals surface area contributed by atoms with Gasteiger partial charge in [-0.1, -0.05) is 0 Å². The van der Waals surface area contributed by atoms with Crippen molar-refractivity contribution in [1.29, 1.82) is 0 Å². The molecule has 0 saturated carbocycles. The van der Waals surface area contributed by atoms with Crippen LogP contribution in [0.4, 0.5) is 20.3 Å². The van der Waals surface area contributed by atoms with Crippen molar-refractivity contribution in [2.45, 2.75) is 26.2 Å². The number of hydrogen-bond acceptors (Lipinski definition) is 5. The Morgan fingerprint density at radius 2 is 2.07 bits per heavy atom. The summed E-state index contributed by atoms with van der Waals surface area (Å²) in [5.41, 5.74) is 1.68. The Morgan fingerprint density at radius 1 is 1.30 bits per heavy atom. The largest absolute Gasteiger partial charge is 0.370 e. The third kappa shape index (κ3) is 3.20. The molecule has 0 aliphatic carbocycles. The van der Waals surface area contributed by atoms with Crippen LogP contribution in [0.1, 0.15) is 26.1 Å². The van der Waals surface area contributed by atoms with Gasteiger partial charge >= 0.3 is 5.92 Å². The van der Waals surface area contributed by atoms with Crippen LogP contribution in [0.2, 0.25) is 0 Å². The number of anilines is 2. The number of nitrogens with zero attached hydrogens (tertiary/aromatic N) is 5. The molecule has 0 bridgehead atoms. The zero-order valence-corrected chi connectivity index (χ0v) is 14.9. The molecule has 1 N–H and O–H groups in total. The Kier molecular flexibility index (Phi) is 4.01. The smallest absolute Gasteiger partial charge is 0.303 e. The van der Waals surface area contributed by atoms with E-state index in [4.69, 9.17) is 0 Å². The second kappa shape index (κ2) is 6.26. The van der Waals surface area contributed by atoms with E-state index in [1.807, 2.05) is 6.20 Å². The maximum atomic E-state index is 13.7. The molecular weight excluding hydrogens is 354 g/mol. The van der Waals surface area contributed by atoms with Gasteiger partial charge in [0.2, 0.25) is 11.7 Å². The van der Waals surface area contributed by atoms with Gasteiger partial charge < -0.3 is 10.2 Å². The highest BCUT2D eigenvalue weighted by Crippen LogP contribution is 2.34. The van der Waals surface area contributed by atoms with Crippen molar-refractivity contribution in [2.24, 2.45) is 0 Å². The van der Waals surface area contributed by atoms with E-state index in [2.05, 4.69) is 25.2 Å². The minimum absolute atomic E-state index is 0.238. The average molecular weight is 372 g/mol. The van der Waals surface area contributed by atoms with Crippen molar-refractivity contribution >= 4 is 28.3 Å². The number of nitrogens with one attached hydrogen (secondary N) is 1. The van der Waals surface area contributed by atoms with Crippen LogP contribution < -0.4 is 10.2 Å². The summed E-state index contributed by atoms with van der Waals surface area (Å²) in [6, 6.07) is 3.29. The van der Waals surface area contributed by atoms with Gasteiger partial charge in [0.15, 0.2) is 0 Å². The summed E-state index contributed by atoms with van der Waals surface area (Å²) in [6.07, 6.45) is 5.97. The lowest BCUT2D eigenvalue weighted by molar-refractivity contribution is -0.114. The first-order valence-corrected chi connectivity index (χ1v) is 8.58. The van der Waals surface area contributed by atoms with E-state index >= 15 is 0 Å². The van der Waals surface area contributed by atoms with Crippen LogP contribution in [-0.2, 0) is 10.7 Å². The van der Waals surface area contributed by atoms with Gasteiger partial charge in [-0.25, -0.2) is 15.0 Å². The molecule has 3 aromatic rings. The summed E-state index contributed by atoms with van der Waals surface area (Å²) in [7, 11) is 0. The molecule has 0 spiro atoms. The van der Waals surface area contributed by atoms with Crippen molar-refractivity contribution in [3.05, 3.63) is 36.5 Å². The number of fused-ring (bicyclic) bond motifs is 1. The van der Waals surface area contributed by atoms with E-state index in [1.165, 1.54) is 13.1 Å². The quantitative estimate of drug-likeness (QED) is 0.762. The highest BCUT2D eigenvalue weighted by atomic mass is 19.3. The second-order valence-corrected chi connectivity index (χ2v) is 6.62. The number of carbonyl (C=O) groups excluding carboxylic acids is 1.